The van der Waals surface area contributed by atoms with E-state index in [1.54, 1.807) is 4.68 Å². The number of aryl methyl sites for hydroxylation is 1. The highest BCUT2D eigenvalue weighted by Crippen LogP contribution is 2.41. The number of amides is 1. The van der Waals surface area contributed by atoms with E-state index in [2.05, 4.69) is 16.1 Å². The average molecular weight is 410 g/mol. The molecule has 8 heteroatoms. The number of halogens is 1. The van der Waals surface area contributed by atoms with E-state index in [9.17, 15) is 4.79 Å². The van der Waals surface area contributed by atoms with Crippen LogP contribution in [0.3, 0.4) is 0 Å². The Balaban J connectivity index is 1.47. The molecule has 1 amide bonds. The Bertz CT molecular complexity index is 1240. The Labute approximate surface area is 170 Å². The van der Waals surface area contributed by atoms with Crippen molar-refractivity contribution in [3.63, 3.8) is 0 Å². The van der Waals surface area contributed by atoms with Crippen LogP contribution in [0.25, 0.3) is 32.2 Å². The lowest BCUT2D eigenvalue weighted by atomic mass is 9.94. The monoisotopic (exact) mass is 410 g/mol. The van der Waals surface area contributed by atoms with E-state index >= 15 is 4.39 Å². The maximum atomic E-state index is 15.5. The van der Waals surface area contributed by atoms with Crippen molar-refractivity contribution in [1.29, 1.82) is 0 Å². The molecule has 0 radical (unpaired) electrons. The zero-order valence-electron chi connectivity index (χ0n) is 15.8. The van der Waals surface area contributed by atoms with Gasteiger partial charge in [0.2, 0.25) is 0 Å². The highest BCUT2D eigenvalue weighted by Gasteiger charge is 2.40. The molecule has 0 spiro atoms. The maximum absolute atomic E-state index is 15.5. The number of carbonyl (C=O) groups is 1. The first kappa shape index (κ1) is 18.1. The largest absolute Gasteiger partial charge is 0.465 e. The summed E-state index contributed by atoms with van der Waals surface area (Å²) in [5, 5.41) is 15.0. The summed E-state index contributed by atoms with van der Waals surface area (Å²) in [7, 11) is 1.90. The molecule has 0 bridgehead atoms. The first-order valence-electron chi connectivity index (χ1n) is 9.43. The summed E-state index contributed by atoms with van der Waals surface area (Å²) in [6.45, 7) is 0.385. The van der Waals surface area contributed by atoms with Crippen LogP contribution in [0.15, 0.2) is 42.6 Å². The van der Waals surface area contributed by atoms with Crippen LogP contribution in [0.1, 0.15) is 17.8 Å². The molecule has 4 aromatic rings. The van der Waals surface area contributed by atoms with Crippen molar-refractivity contribution in [2.24, 2.45) is 7.05 Å². The Morgan fingerprint density at radius 1 is 1.14 bits per heavy atom. The van der Waals surface area contributed by atoms with Crippen LogP contribution in [0.4, 0.5) is 9.18 Å². The normalized spacial score (nSPS) is 16.6. The summed E-state index contributed by atoms with van der Waals surface area (Å²) in [5.41, 5.74) is 2.28. The minimum atomic E-state index is -1.57. The lowest BCUT2D eigenvalue weighted by molar-refractivity contribution is 0.0551. The van der Waals surface area contributed by atoms with Crippen LogP contribution in [-0.2, 0) is 12.7 Å². The molecular formula is C21H19FN4O2S. The Morgan fingerprint density at radius 2 is 1.83 bits per heavy atom. The number of carboxylic acid groups (broad SMARTS) is 1. The Hall–Kier alpha value is -3.00. The van der Waals surface area contributed by atoms with Crippen LogP contribution in [0.2, 0.25) is 0 Å². The van der Waals surface area contributed by atoms with E-state index in [1.165, 1.54) is 16.2 Å². The van der Waals surface area contributed by atoms with Gasteiger partial charge in [0.25, 0.3) is 0 Å². The van der Waals surface area contributed by atoms with Gasteiger partial charge in [0.05, 0.1) is 15.7 Å². The SMILES string of the molecule is Cn1cc2cc(-c3ccc4nc(C5(F)CCN(C(=O)O)CC5)sc4c3)ccc2n1. The van der Waals surface area contributed by atoms with E-state index in [0.29, 0.717) is 5.01 Å². The van der Waals surface area contributed by atoms with Crippen molar-refractivity contribution in [2.45, 2.75) is 18.5 Å². The Morgan fingerprint density at radius 3 is 2.55 bits per heavy atom. The molecule has 0 aliphatic carbocycles. The van der Waals surface area contributed by atoms with Crippen molar-refractivity contribution in [3.05, 3.63) is 47.6 Å². The lowest BCUT2D eigenvalue weighted by Gasteiger charge is -2.33. The van der Waals surface area contributed by atoms with Gasteiger partial charge in [-0.25, -0.2) is 14.2 Å². The molecule has 1 saturated heterocycles. The number of nitrogens with zero attached hydrogens (tertiary/aromatic N) is 4. The van der Waals surface area contributed by atoms with Gasteiger partial charge < -0.3 is 10.0 Å². The number of likely N-dealkylation sites (tertiary alicyclic amines) is 1. The molecule has 6 nitrogen and oxygen atoms in total. The average Bonchev–Trinajstić information content (AvgIpc) is 3.29. The van der Waals surface area contributed by atoms with E-state index in [4.69, 9.17) is 5.11 Å². The van der Waals surface area contributed by atoms with Crippen molar-refractivity contribution in [3.8, 4) is 11.1 Å². The summed E-state index contributed by atoms with van der Waals surface area (Å²) in [6.07, 6.45) is 1.28. The van der Waals surface area contributed by atoms with Crippen molar-refractivity contribution in [1.82, 2.24) is 19.7 Å². The van der Waals surface area contributed by atoms with Crippen molar-refractivity contribution < 1.29 is 14.3 Å². The smallest absolute Gasteiger partial charge is 0.407 e. The molecule has 29 heavy (non-hydrogen) atoms. The predicted octanol–water partition coefficient (Wildman–Crippen LogP) is 4.79. The number of alkyl halides is 1. The molecule has 2 aromatic heterocycles. The fourth-order valence-corrected chi connectivity index (χ4v) is 5.03. The summed E-state index contributed by atoms with van der Waals surface area (Å²) in [5.74, 6) is 0. The zero-order chi connectivity index (χ0) is 20.2. The van der Waals surface area contributed by atoms with Gasteiger partial charge in [0.15, 0.2) is 5.67 Å². The second-order valence-electron chi connectivity index (χ2n) is 7.51. The van der Waals surface area contributed by atoms with Gasteiger partial charge in [0, 0.05) is 44.6 Å². The minimum absolute atomic E-state index is 0.143. The fourth-order valence-electron chi connectivity index (χ4n) is 3.89. The first-order chi connectivity index (χ1) is 13.9. The van der Waals surface area contributed by atoms with Gasteiger partial charge in [-0.2, -0.15) is 5.10 Å². The number of benzene rings is 2. The molecule has 1 N–H and O–H groups in total. The molecule has 1 aliphatic heterocycles. The van der Waals surface area contributed by atoms with E-state index in [1.807, 2.05) is 43.6 Å². The van der Waals surface area contributed by atoms with Gasteiger partial charge in [-0.05, 0) is 35.4 Å². The van der Waals surface area contributed by atoms with Crippen LogP contribution >= 0.6 is 11.3 Å². The number of fused-ring (bicyclic) bond motifs is 2. The van der Waals surface area contributed by atoms with Crippen LogP contribution in [0, 0.1) is 0 Å². The van der Waals surface area contributed by atoms with Gasteiger partial charge >= 0.3 is 6.09 Å². The van der Waals surface area contributed by atoms with Crippen LogP contribution in [0.5, 0.6) is 0 Å². The van der Waals surface area contributed by atoms with Gasteiger partial charge in [-0.3, -0.25) is 4.68 Å². The number of hydrogen-bond donors (Lipinski definition) is 1. The van der Waals surface area contributed by atoms with E-state index in [0.717, 1.165) is 32.2 Å². The summed E-state index contributed by atoms with van der Waals surface area (Å²) >= 11 is 1.36. The molecule has 2 aromatic carbocycles. The number of piperidine rings is 1. The third-order valence-corrected chi connectivity index (χ3v) is 6.75. The number of rotatable bonds is 2. The van der Waals surface area contributed by atoms with Gasteiger partial charge in [-0.1, -0.05) is 12.1 Å². The number of hydrogen-bond acceptors (Lipinski definition) is 4. The first-order valence-corrected chi connectivity index (χ1v) is 10.2. The Kier molecular flexibility index (Phi) is 4.06. The fraction of sp³-hybridized carbons (Fsp3) is 0.286. The number of aromatic nitrogens is 3. The van der Waals surface area contributed by atoms with Gasteiger partial charge in [0.1, 0.15) is 5.01 Å². The van der Waals surface area contributed by atoms with Crippen LogP contribution in [-0.4, -0.2) is 44.0 Å². The highest BCUT2D eigenvalue weighted by atomic mass is 32.1. The molecule has 0 atom stereocenters. The van der Waals surface area contributed by atoms with Crippen molar-refractivity contribution in [2.75, 3.05) is 13.1 Å². The zero-order valence-corrected chi connectivity index (χ0v) is 16.6. The molecule has 148 valence electrons. The highest BCUT2D eigenvalue weighted by molar-refractivity contribution is 7.18. The van der Waals surface area contributed by atoms with Crippen molar-refractivity contribution >= 4 is 38.5 Å². The summed E-state index contributed by atoms with van der Waals surface area (Å²) < 4.78 is 18.2. The van der Waals surface area contributed by atoms with E-state index in [-0.39, 0.29) is 25.9 Å². The van der Waals surface area contributed by atoms with Gasteiger partial charge in [-0.15, -0.1) is 11.3 Å². The molecule has 0 unspecified atom stereocenters. The second kappa shape index (κ2) is 6.52. The molecule has 1 fully saturated rings. The quantitative estimate of drug-likeness (QED) is 0.516. The number of thiazole rings is 1. The summed E-state index contributed by atoms with van der Waals surface area (Å²) in [4.78, 5) is 16.9. The standard InChI is InChI=1S/C21H19FN4O2S/c1-25-12-15-10-13(2-4-16(15)24-25)14-3-5-17-18(11-14)29-19(23-17)21(22)6-8-26(9-7-21)20(27)28/h2-5,10-12H,6-9H2,1H3,(H,27,28). The molecule has 0 saturated carbocycles. The molecule has 5 rings (SSSR count). The molecule has 3 heterocycles. The van der Waals surface area contributed by atoms with Crippen LogP contribution < -0.4 is 0 Å². The molecule has 1 aliphatic rings. The molecular weight excluding hydrogens is 391 g/mol. The lowest BCUT2D eigenvalue weighted by Crippen LogP contribution is -2.42. The predicted molar refractivity (Wildman–Crippen MR) is 111 cm³/mol. The minimum Gasteiger partial charge on any atom is -0.465 e. The topological polar surface area (TPSA) is 71.2 Å². The van der Waals surface area contributed by atoms with E-state index < -0.39 is 11.8 Å². The third kappa shape index (κ3) is 3.13. The summed E-state index contributed by atoms with van der Waals surface area (Å²) in [6, 6.07) is 12.1. The second-order valence-corrected chi connectivity index (χ2v) is 8.54. The third-order valence-electron chi connectivity index (χ3n) is 5.55. The maximum Gasteiger partial charge on any atom is 0.407 e.